The third kappa shape index (κ3) is 5.82. The highest BCUT2D eigenvalue weighted by Crippen LogP contribution is 2.30. The number of nitrogens with one attached hydrogen (secondary N) is 1. The Balaban J connectivity index is 1.82. The van der Waals surface area contributed by atoms with Crippen molar-refractivity contribution < 1.29 is 27.5 Å². The lowest BCUT2D eigenvalue weighted by atomic mass is 10.1. The normalized spacial score (nSPS) is 15.3. The minimum absolute atomic E-state index is 0.0661. The Morgan fingerprint density at radius 3 is 2.43 bits per heavy atom. The van der Waals surface area contributed by atoms with Gasteiger partial charge < -0.3 is 15.0 Å². The molecule has 0 spiro atoms. The zero-order valence-electron chi connectivity index (χ0n) is 20.6. The predicted octanol–water partition coefficient (Wildman–Crippen LogP) is 2.56. The number of carbonyl (C=O) groups excluding carboxylic acids is 3. The number of sulfonamides is 1. The van der Waals surface area contributed by atoms with Gasteiger partial charge in [0.15, 0.2) is 0 Å². The van der Waals surface area contributed by atoms with E-state index < -0.39 is 33.4 Å². The monoisotopic (exact) mass is 501 g/mol. The van der Waals surface area contributed by atoms with Crippen LogP contribution in [-0.4, -0.2) is 60.6 Å². The molecule has 0 saturated carbocycles. The van der Waals surface area contributed by atoms with Gasteiger partial charge in [0.1, 0.15) is 16.7 Å². The van der Waals surface area contributed by atoms with E-state index in [1.165, 1.54) is 24.1 Å². The second-order valence-corrected chi connectivity index (χ2v) is 11.2. The second-order valence-electron chi connectivity index (χ2n) is 9.42. The van der Waals surface area contributed by atoms with E-state index in [0.29, 0.717) is 5.75 Å². The summed E-state index contributed by atoms with van der Waals surface area (Å²) >= 11 is 0. The number of hydrogen-bond acceptors (Lipinski definition) is 6. The Labute approximate surface area is 206 Å². The molecule has 2 aromatic rings. The first-order chi connectivity index (χ1) is 16.3. The number of ether oxygens (including phenoxy) is 1. The minimum atomic E-state index is -4.03. The SMILES string of the molecule is COc1cccc(CN(C(=O)CCN2C(=O)c3ccccc3S2(=O)=O)[C@H](C)C(=O)NC(C)(C)C)c1. The maximum Gasteiger partial charge on any atom is 0.269 e. The summed E-state index contributed by atoms with van der Waals surface area (Å²) in [7, 11) is -2.49. The molecule has 35 heavy (non-hydrogen) atoms. The van der Waals surface area contributed by atoms with Crippen molar-refractivity contribution in [2.75, 3.05) is 13.7 Å². The average Bonchev–Trinajstić information content (AvgIpc) is 2.99. The number of carbonyl (C=O) groups is 3. The van der Waals surface area contributed by atoms with Crippen LogP contribution in [0.1, 0.15) is 50.0 Å². The largest absolute Gasteiger partial charge is 0.497 e. The van der Waals surface area contributed by atoms with Crippen molar-refractivity contribution in [1.29, 1.82) is 0 Å². The molecule has 3 rings (SSSR count). The molecule has 9 nitrogen and oxygen atoms in total. The van der Waals surface area contributed by atoms with Crippen molar-refractivity contribution in [2.45, 2.75) is 57.1 Å². The van der Waals surface area contributed by atoms with Crippen LogP contribution in [0.3, 0.4) is 0 Å². The number of fused-ring (bicyclic) bond motifs is 1. The van der Waals surface area contributed by atoms with E-state index in [0.717, 1.165) is 9.87 Å². The van der Waals surface area contributed by atoms with Gasteiger partial charge in [0.05, 0.1) is 12.7 Å². The van der Waals surface area contributed by atoms with Crippen molar-refractivity contribution in [3.05, 3.63) is 59.7 Å². The van der Waals surface area contributed by atoms with Gasteiger partial charge in [0, 0.05) is 25.0 Å². The molecule has 1 aliphatic rings. The zero-order valence-corrected chi connectivity index (χ0v) is 21.4. The molecule has 188 valence electrons. The first-order valence-corrected chi connectivity index (χ1v) is 12.7. The van der Waals surface area contributed by atoms with Crippen LogP contribution in [0.4, 0.5) is 0 Å². The molecule has 0 bridgehead atoms. The van der Waals surface area contributed by atoms with Gasteiger partial charge in [-0.3, -0.25) is 14.4 Å². The highest BCUT2D eigenvalue weighted by molar-refractivity contribution is 7.90. The molecule has 1 atom stereocenters. The predicted molar refractivity (Wildman–Crippen MR) is 130 cm³/mol. The van der Waals surface area contributed by atoms with Gasteiger partial charge in [-0.05, 0) is 57.5 Å². The molecule has 1 aliphatic heterocycles. The molecule has 0 aliphatic carbocycles. The average molecular weight is 502 g/mol. The van der Waals surface area contributed by atoms with E-state index in [-0.39, 0.29) is 35.9 Å². The van der Waals surface area contributed by atoms with Crippen molar-refractivity contribution in [3.8, 4) is 5.75 Å². The summed E-state index contributed by atoms with van der Waals surface area (Å²) in [6, 6.07) is 12.2. The quantitative estimate of drug-likeness (QED) is 0.595. The summed E-state index contributed by atoms with van der Waals surface area (Å²) in [6.07, 6.45) is -0.268. The molecule has 1 heterocycles. The lowest BCUT2D eigenvalue weighted by molar-refractivity contribution is -0.141. The Hall–Kier alpha value is -3.40. The van der Waals surface area contributed by atoms with Crippen LogP contribution >= 0.6 is 0 Å². The van der Waals surface area contributed by atoms with Gasteiger partial charge in [0.2, 0.25) is 11.8 Å². The third-order valence-corrected chi connectivity index (χ3v) is 7.43. The third-order valence-electron chi connectivity index (χ3n) is 5.59. The maximum atomic E-state index is 13.3. The lowest BCUT2D eigenvalue weighted by Crippen LogP contribution is -2.52. The fourth-order valence-corrected chi connectivity index (χ4v) is 5.39. The molecule has 0 fully saturated rings. The Bertz CT molecular complexity index is 1240. The number of rotatable bonds is 8. The molecule has 3 amide bonds. The van der Waals surface area contributed by atoms with Gasteiger partial charge in [0.25, 0.3) is 15.9 Å². The highest BCUT2D eigenvalue weighted by atomic mass is 32.2. The summed E-state index contributed by atoms with van der Waals surface area (Å²) in [5.74, 6) is -0.853. The van der Waals surface area contributed by atoms with E-state index in [1.54, 1.807) is 37.3 Å². The maximum absolute atomic E-state index is 13.3. The van der Waals surface area contributed by atoms with Crippen molar-refractivity contribution in [3.63, 3.8) is 0 Å². The van der Waals surface area contributed by atoms with Gasteiger partial charge >= 0.3 is 0 Å². The van der Waals surface area contributed by atoms with Gasteiger partial charge in [-0.1, -0.05) is 24.3 Å². The van der Waals surface area contributed by atoms with Crippen molar-refractivity contribution >= 4 is 27.7 Å². The summed E-state index contributed by atoms with van der Waals surface area (Å²) in [6.45, 7) is 6.92. The number of hydrogen-bond donors (Lipinski definition) is 1. The van der Waals surface area contributed by atoms with Crippen molar-refractivity contribution in [1.82, 2.24) is 14.5 Å². The molecule has 0 aromatic heterocycles. The van der Waals surface area contributed by atoms with Crippen LogP contribution in [-0.2, 0) is 26.2 Å². The van der Waals surface area contributed by atoms with Gasteiger partial charge in [-0.15, -0.1) is 0 Å². The fraction of sp³-hybridized carbons (Fsp3) is 0.400. The topological polar surface area (TPSA) is 113 Å². The Morgan fingerprint density at radius 2 is 1.80 bits per heavy atom. The smallest absolute Gasteiger partial charge is 0.269 e. The fourth-order valence-electron chi connectivity index (χ4n) is 3.82. The number of nitrogens with zero attached hydrogens (tertiary/aromatic N) is 2. The lowest BCUT2D eigenvalue weighted by Gasteiger charge is -2.32. The molecule has 0 unspecified atom stereocenters. The molecule has 2 aromatic carbocycles. The van der Waals surface area contributed by atoms with E-state index in [9.17, 15) is 22.8 Å². The van der Waals surface area contributed by atoms with E-state index in [1.807, 2.05) is 26.8 Å². The van der Waals surface area contributed by atoms with Crippen LogP contribution in [0.15, 0.2) is 53.4 Å². The zero-order chi connectivity index (χ0) is 26.0. The number of amides is 3. The van der Waals surface area contributed by atoms with Crippen LogP contribution in [0.2, 0.25) is 0 Å². The summed E-state index contributed by atoms with van der Waals surface area (Å²) in [4.78, 5) is 40.3. The molecular weight excluding hydrogens is 470 g/mol. The van der Waals surface area contributed by atoms with Crippen LogP contribution < -0.4 is 10.1 Å². The van der Waals surface area contributed by atoms with Crippen LogP contribution in [0.5, 0.6) is 5.75 Å². The Kier molecular flexibility index (Phi) is 7.54. The Morgan fingerprint density at radius 1 is 1.11 bits per heavy atom. The summed E-state index contributed by atoms with van der Waals surface area (Å²) in [5.41, 5.74) is 0.328. The van der Waals surface area contributed by atoms with Crippen LogP contribution in [0.25, 0.3) is 0 Å². The summed E-state index contributed by atoms with van der Waals surface area (Å²) < 4.78 is 31.7. The molecule has 0 saturated heterocycles. The minimum Gasteiger partial charge on any atom is -0.497 e. The van der Waals surface area contributed by atoms with E-state index in [4.69, 9.17) is 4.74 Å². The van der Waals surface area contributed by atoms with Crippen LogP contribution in [0, 0.1) is 0 Å². The molecular formula is C25H31N3O6S. The first-order valence-electron chi connectivity index (χ1n) is 11.3. The summed E-state index contributed by atoms with van der Waals surface area (Å²) in [5, 5.41) is 2.87. The number of benzene rings is 2. The van der Waals surface area contributed by atoms with Gasteiger partial charge in [-0.2, -0.15) is 0 Å². The second kappa shape index (κ2) is 10.1. The molecule has 1 N–H and O–H groups in total. The standard InChI is InChI=1S/C25H31N3O6S/c1-17(23(30)26-25(2,3)4)27(16-18-9-8-10-19(15-18)34-5)22(29)13-14-28-24(31)20-11-6-7-12-21(20)35(28,32)33/h6-12,15,17H,13-14,16H2,1-5H3,(H,26,30)/t17-/m1/s1. The van der Waals surface area contributed by atoms with Crippen molar-refractivity contribution in [2.24, 2.45) is 0 Å². The first kappa shape index (κ1) is 26.2. The van der Waals surface area contributed by atoms with E-state index >= 15 is 0 Å². The highest BCUT2D eigenvalue weighted by Gasteiger charge is 2.41. The molecule has 10 heteroatoms. The van der Waals surface area contributed by atoms with Gasteiger partial charge in [-0.25, -0.2) is 12.7 Å². The van der Waals surface area contributed by atoms with E-state index in [2.05, 4.69) is 5.32 Å². The number of methoxy groups -OCH3 is 1. The molecule has 0 radical (unpaired) electrons.